The van der Waals surface area contributed by atoms with Crippen molar-refractivity contribution in [2.75, 3.05) is 25.4 Å². The van der Waals surface area contributed by atoms with Gasteiger partial charge in [0.25, 0.3) is 0 Å². The van der Waals surface area contributed by atoms with Crippen LogP contribution in [0.4, 0.5) is 0 Å². The molecule has 0 aromatic heterocycles. The predicted molar refractivity (Wildman–Crippen MR) is 76.1 cm³/mol. The lowest BCUT2D eigenvalue weighted by atomic mass is 9.75. The topological polar surface area (TPSA) is 101 Å². The van der Waals surface area contributed by atoms with Gasteiger partial charge in [0, 0.05) is 13.1 Å². The molecule has 1 aliphatic heterocycles. The zero-order valence-corrected chi connectivity index (χ0v) is 13.5. The Hall–Kier alpha value is -1.15. The van der Waals surface area contributed by atoms with E-state index in [2.05, 4.69) is 4.74 Å². The van der Waals surface area contributed by atoms with E-state index in [1.54, 1.807) is 20.8 Å². The number of ether oxygens (including phenoxy) is 1. The number of carbonyl (C=O) groups excluding carboxylic acids is 1. The molecule has 21 heavy (non-hydrogen) atoms. The van der Waals surface area contributed by atoms with Crippen LogP contribution < -0.4 is 0 Å². The normalized spacial score (nSPS) is 21.0. The number of carboxylic acids is 1. The van der Waals surface area contributed by atoms with Crippen LogP contribution in [-0.4, -0.2) is 55.2 Å². The van der Waals surface area contributed by atoms with Crippen LogP contribution in [0.3, 0.4) is 0 Å². The molecule has 7 nitrogen and oxygen atoms in total. The summed E-state index contributed by atoms with van der Waals surface area (Å²) < 4.78 is 30.3. The SMILES string of the molecule is CCOC(=O)CS(=O)(=O)N1CCCC(C(C)(C)C(=O)O)C1. The number of aliphatic carboxylic acids is 1. The van der Waals surface area contributed by atoms with E-state index in [9.17, 15) is 23.1 Å². The number of carboxylic acid groups (broad SMARTS) is 1. The quantitative estimate of drug-likeness (QED) is 0.723. The highest BCUT2D eigenvalue weighted by molar-refractivity contribution is 7.89. The number of esters is 1. The second kappa shape index (κ2) is 6.74. The maximum absolute atomic E-state index is 12.2. The van der Waals surface area contributed by atoms with Crippen molar-refractivity contribution in [3.05, 3.63) is 0 Å². The second-order valence-corrected chi connectivity index (χ2v) is 7.75. The molecule has 1 rings (SSSR count). The van der Waals surface area contributed by atoms with E-state index in [1.807, 2.05) is 0 Å². The Kier molecular flexibility index (Phi) is 5.75. The van der Waals surface area contributed by atoms with Crippen LogP contribution in [0.25, 0.3) is 0 Å². The molecule has 0 amide bonds. The summed E-state index contributed by atoms with van der Waals surface area (Å²) in [4.78, 5) is 22.7. The average molecular weight is 321 g/mol. The molecule has 1 atom stereocenters. The van der Waals surface area contributed by atoms with Gasteiger partial charge in [0.05, 0.1) is 12.0 Å². The van der Waals surface area contributed by atoms with Gasteiger partial charge in [-0.2, -0.15) is 0 Å². The Balaban J connectivity index is 2.80. The van der Waals surface area contributed by atoms with E-state index >= 15 is 0 Å². The van der Waals surface area contributed by atoms with Crippen molar-refractivity contribution < 1.29 is 27.9 Å². The van der Waals surface area contributed by atoms with Gasteiger partial charge in [0.2, 0.25) is 10.0 Å². The lowest BCUT2D eigenvalue weighted by molar-refractivity contribution is -0.151. The van der Waals surface area contributed by atoms with Crippen LogP contribution in [0, 0.1) is 11.3 Å². The van der Waals surface area contributed by atoms with Gasteiger partial charge in [0.15, 0.2) is 5.75 Å². The first-order chi connectivity index (χ1) is 9.61. The minimum atomic E-state index is -3.76. The summed E-state index contributed by atoms with van der Waals surface area (Å²) in [5, 5.41) is 9.26. The largest absolute Gasteiger partial charge is 0.481 e. The number of nitrogens with zero attached hydrogens (tertiary/aromatic N) is 1. The van der Waals surface area contributed by atoms with Gasteiger partial charge in [-0.25, -0.2) is 12.7 Å². The lowest BCUT2D eigenvalue weighted by Gasteiger charge is -2.38. The summed E-state index contributed by atoms with van der Waals surface area (Å²) in [7, 11) is -3.76. The molecule has 1 unspecified atom stereocenters. The highest BCUT2D eigenvalue weighted by atomic mass is 32.2. The number of hydrogen-bond donors (Lipinski definition) is 1. The number of piperidine rings is 1. The van der Waals surface area contributed by atoms with Crippen LogP contribution in [-0.2, 0) is 24.3 Å². The molecule has 0 aromatic carbocycles. The Morgan fingerprint density at radius 1 is 1.38 bits per heavy atom. The highest BCUT2D eigenvalue weighted by Gasteiger charge is 2.41. The molecule has 0 aromatic rings. The van der Waals surface area contributed by atoms with Crippen molar-refractivity contribution in [2.45, 2.75) is 33.6 Å². The molecular formula is C13H23NO6S. The second-order valence-electron chi connectivity index (χ2n) is 5.79. The summed E-state index contributed by atoms with van der Waals surface area (Å²) in [5.74, 6) is -2.70. The molecule has 1 aliphatic rings. The van der Waals surface area contributed by atoms with Gasteiger partial charge >= 0.3 is 11.9 Å². The molecule has 0 aliphatic carbocycles. The molecule has 122 valence electrons. The molecule has 1 N–H and O–H groups in total. The van der Waals surface area contributed by atoms with Gasteiger partial charge < -0.3 is 9.84 Å². The third-order valence-electron chi connectivity index (χ3n) is 3.95. The summed E-state index contributed by atoms with van der Waals surface area (Å²) in [5.41, 5.74) is -1.00. The van der Waals surface area contributed by atoms with Crippen LogP contribution in [0.2, 0.25) is 0 Å². The van der Waals surface area contributed by atoms with Crippen LogP contribution in [0.5, 0.6) is 0 Å². The van der Waals surface area contributed by atoms with Crippen LogP contribution in [0.1, 0.15) is 33.6 Å². The molecule has 0 bridgehead atoms. The van der Waals surface area contributed by atoms with E-state index in [0.29, 0.717) is 19.4 Å². The van der Waals surface area contributed by atoms with Crippen LogP contribution in [0.15, 0.2) is 0 Å². The fourth-order valence-corrected chi connectivity index (χ4v) is 3.78. The first-order valence-corrected chi connectivity index (χ1v) is 8.59. The number of carbonyl (C=O) groups is 2. The minimum Gasteiger partial charge on any atom is -0.481 e. The molecular weight excluding hydrogens is 298 g/mol. The number of rotatable bonds is 6. The zero-order valence-electron chi connectivity index (χ0n) is 12.7. The summed E-state index contributed by atoms with van der Waals surface area (Å²) in [6.07, 6.45) is 1.24. The zero-order chi connectivity index (χ0) is 16.3. The molecule has 1 saturated heterocycles. The van der Waals surface area contributed by atoms with E-state index in [0.717, 1.165) is 0 Å². The molecule has 1 fully saturated rings. The molecule has 0 radical (unpaired) electrons. The summed E-state index contributed by atoms with van der Waals surface area (Å²) in [6, 6.07) is 0. The highest BCUT2D eigenvalue weighted by Crippen LogP contribution is 2.35. The fourth-order valence-electron chi connectivity index (χ4n) is 2.40. The molecule has 0 saturated carbocycles. The Morgan fingerprint density at radius 2 is 2.00 bits per heavy atom. The Labute approximate surface area is 125 Å². The third-order valence-corrected chi connectivity index (χ3v) is 5.67. The van der Waals surface area contributed by atoms with Gasteiger partial charge in [-0.3, -0.25) is 9.59 Å². The van der Waals surface area contributed by atoms with E-state index in [1.165, 1.54) is 4.31 Å². The van der Waals surface area contributed by atoms with Crippen molar-refractivity contribution >= 4 is 22.0 Å². The van der Waals surface area contributed by atoms with Gasteiger partial charge in [0.1, 0.15) is 0 Å². The summed E-state index contributed by atoms with van der Waals surface area (Å²) >= 11 is 0. The Morgan fingerprint density at radius 3 is 2.52 bits per heavy atom. The lowest BCUT2D eigenvalue weighted by Crippen LogP contribution is -2.48. The first-order valence-electron chi connectivity index (χ1n) is 6.98. The number of sulfonamides is 1. The van der Waals surface area contributed by atoms with E-state index < -0.39 is 33.1 Å². The third kappa shape index (κ3) is 4.41. The van der Waals surface area contributed by atoms with E-state index in [4.69, 9.17) is 0 Å². The summed E-state index contributed by atoms with van der Waals surface area (Å²) in [6.45, 7) is 5.37. The van der Waals surface area contributed by atoms with Crippen molar-refractivity contribution in [3.8, 4) is 0 Å². The van der Waals surface area contributed by atoms with Gasteiger partial charge in [-0.05, 0) is 39.5 Å². The van der Waals surface area contributed by atoms with Crippen molar-refractivity contribution in [1.82, 2.24) is 4.31 Å². The standard InChI is InChI=1S/C13H23NO6S/c1-4-20-11(15)9-21(18,19)14-7-5-6-10(8-14)13(2,3)12(16)17/h10H,4-9H2,1-3H3,(H,16,17). The van der Waals surface area contributed by atoms with Crippen molar-refractivity contribution in [2.24, 2.45) is 11.3 Å². The van der Waals surface area contributed by atoms with Gasteiger partial charge in [-0.15, -0.1) is 0 Å². The van der Waals surface area contributed by atoms with Crippen LogP contribution >= 0.6 is 0 Å². The fraction of sp³-hybridized carbons (Fsp3) is 0.846. The van der Waals surface area contributed by atoms with Crippen molar-refractivity contribution in [1.29, 1.82) is 0 Å². The first kappa shape index (κ1) is 17.9. The molecule has 8 heteroatoms. The number of hydrogen-bond acceptors (Lipinski definition) is 5. The van der Waals surface area contributed by atoms with Gasteiger partial charge in [-0.1, -0.05) is 0 Å². The van der Waals surface area contributed by atoms with E-state index in [-0.39, 0.29) is 19.1 Å². The smallest absolute Gasteiger partial charge is 0.322 e. The maximum Gasteiger partial charge on any atom is 0.322 e. The average Bonchev–Trinajstić information content (AvgIpc) is 2.38. The molecule has 1 heterocycles. The molecule has 0 spiro atoms. The predicted octanol–water partition coefficient (Wildman–Crippen LogP) is 0.702. The maximum atomic E-state index is 12.2. The minimum absolute atomic E-state index is 0.126. The Bertz CT molecular complexity index is 499. The van der Waals surface area contributed by atoms with Crippen molar-refractivity contribution in [3.63, 3.8) is 0 Å². The monoisotopic (exact) mass is 321 g/mol.